The highest BCUT2D eigenvalue weighted by Crippen LogP contribution is 2.24. The van der Waals surface area contributed by atoms with E-state index in [0.29, 0.717) is 6.42 Å². The van der Waals surface area contributed by atoms with Gasteiger partial charge in [0.2, 0.25) is 0 Å². The lowest BCUT2D eigenvalue weighted by Gasteiger charge is -2.32. The number of carbonyl (C=O) groups excluding carboxylic acids is 1. The van der Waals surface area contributed by atoms with Crippen LogP contribution in [0.3, 0.4) is 0 Å². The zero-order valence-corrected chi connectivity index (χ0v) is 12.1. The van der Waals surface area contributed by atoms with Crippen molar-refractivity contribution in [1.82, 2.24) is 5.32 Å². The van der Waals surface area contributed by atoms with Gasteiger partial charge in [-0.1, -0.05) is 30.3 Å². The van der Waals surface area contributed by atoms with Gasteiger partial charge < -0.3 is 15.2 Å². The van der Waals surface area contributed by atoms with Gasteiger partial charge >= 0.3 is 6.09 Å². The molecular formula is C15H23NO3. The predicted molar refractivity (Wildman–Crippen MR) is 74.9 cm³/mol. The van der Waals surface area contributed by atoms with Crippen LogP contribution in [-0.4, -0.2) is 23.4 Å². The van der Waals surface area contributed by atoms with Gasteiger partial charge in [0.15, 0.2) is 0 Å². The molecule has 0 fully saturated rings. The number of nitrogens with one attached hydrogen (secondary N) is 1. The molecule has 106 valence electrons. The fourth-order valence-electron chi connectivity index (χ4n) is 1.84. The third-order valence-electron chi connectivity index (χ3n) is 2.80. The van der Waals surface area contributed by atoms with E-state index in [1.165, 1.54) is 0 Å². The maximum Gasteiger partial charge on any atom is 0.408 e. The normalized spacial score (nSPS) is 14.6. The Morgan fingerprint density at radius 3 is 2.26 bits per heavy atom. The Bertz CT molecular complexity index is 411. The summed E-state index contributed by atoms with van der Waals surface area (Å²) in [6.45, 7) is 7.32. The van der Waals surface area contributed by atoms with Crippen LogP contribution < -0.4 is 5.32 Å². The van der Waals surface area contributed by atoms with Gasteiger partial charge in [0, 0.05) is 6.61 Å². The largest absolute Gasteiger partial charge is 0.444 e. The van der Waals surface area contributed by atoms with Gasteiger partial charge in [0.1, 0.15) is 5.60 Å². The van der Waals surface area contributed by atoms with Crippen molar-refractivity contribution in [2.75, 3.05) is 6.61 Å². The summed E-state index contributed by atoms with van der Waals surface area (Å²) >= 11 is 0. The molecule has 0 bridgehead atoms. The van der Waals surface area contributed by atoms with Gasteiger partial charge in [0.05, 0.1) is 5.54 Å². The summed E-state index contributed by atoms with van der Waals surface area (Å²) in [4.78, 5) is 11.9. The van der Waals surface area contributed by atoms with Gasteiger partial charge in [-0.15, -0.1) is 0 Å². The minimum Gasteiger partial charge on any atom is -0.444 e. The number of rotatable bonds is 4. The molecule has 1 rings (SSSR count). The summed E-state index contributed by atoms with van der Waals surface area (Å²) < 4.78 is 5.27. The molecule has 0 saturated heterocycles. The molecule has 4 heteroatoms. The number of benzene rings is 1. The molecule has 1 aromatic rings. The number of amides is 1. The SMILES string of the molecule is CC(C)(C)OC(=O)NC(C)(CCO)c1ccccc1. The van der Waals surface area contributed by atoms with Crippen molar-refractivity contribution in [3.63, 3.8) is 0 Å². The van der Waals surface area contributed by atoms with E-state index in [-0.39, 0.29) is 6.61 Å². The van der Waals surface area contributed by atoms with E-state index in [4.69, 9.17) is 4.74 Å². The van der Waals surface area contributed by atoms with Crippen LogP contribution in [0.15, 0.2) is 30.3 Å². The highest BCUT2D eigenvalue weighted by Gasteiger charge is 2.30. The van der Waals surface area contributed by atoms with Crippen molar-refractivity contribution in [3.05, 3.63) is 35.9 Å². The topological polar surface area (TPSA) is 58.6 Å². The predicted octanol–water partition coefficient (Wildman–Crippen LogP) is 2.81. The van der Waals surface area contributed by atoms with E-state index >= 15 is 0 Å². The molecule has 0 aliphatic heterocycles. The number of ether oxygens (including phenoxy) is 1. The van der Waals surface area contributed by atoms with E-state index in [1.54, 1.807) is 0 Å². The number of carbonyl (C=O) groups is 1. The quantitative estimate of drug-likeness (QED) is 0.880. The van der Waals surface area contributed by atoms with E-state index < -0.39 is 17.2 Å². The Morgan fingerprint density at radius 1 is 1.21 bits per heavy atom. The van der Waals surface area contributed by atoms with Crippen LogP contribution in [0.1, 0.15) is 39.7 Å². The fourth-order valence-corrected chi connectivity index (χ4v) is 1.84. The maximum absolute atomic E-state index is 11.9. The Morgan fingerprint density at radius 2 is 1.79 bits per heavy atom. The second-order valence-electron chi connectivity index (χ2n) is 5.80. The smallest absolute Gasteiger partial charge is 0.408 e. The third kappa shape index (κ3) is 4.91. The van der Waals surface area contributed by atoms with Gasteiger partial charge in [-0.05, 0) is 39.7 Å². The van der Waals surface area contributed by atoms with E-state index in [1.807, 2.05) is 58.0 Å². The van der Waals surface area contributed by atoms with Crippen molar-refractivity contribution >= 4 is 6.09 Å². The molecule has 1 unspecified atom stereocenters. The molecular weight excluding hydrogens is 242 g/mol. The zero-order chi connectivity index (χ0) is 14.5. The Balaban J connectivity index is 2.86. The summed E-state index contributed by atoms with van der Waals surface area (Å²) in [6.07, 6.45) is -0.0525. The number of aliphatic hydroxyl groups excluding tert-OH is 1. The monoisotopic (exact) mass is 265 g/mol. The standard InChI is InChI=1S/C15H23NO3/c1-14(2,3)19-13(18)16-15(4,10-11-17)12-8-6-5-7-9-12/h5-9,17H,10-11H2,1-4H3,(H,16,18). The van der Waals surface area contributed by atoms with Gasteiger partial charge in [0.25, 0.3) is 0 Å². The molecule has 19 heavy (non-hydrogen) atoms. The molecule has 0 aromatic heterocycles. The van der Waals surface area contributed by atoms with Crippen molar-refractivity contribution in [2.45, 2.75) is 45.3 Å². The van der Waals surface area contributed by atoms with Crippen LogP contribution in [0.2, 0.25) is 0 Å². The maximum atomic E-state index is 11.9. The molecule has 0 aliphatic rings. The molecule has 0 saturated carbocycles. The van der Waals surface area contributed by atoms with Crippen LogP contribution in [0.4, 0.5) is 4.79 Å². The van der Waals surface area contributed by atoms with Crippen LogP contribution in [0, 0.1) is 0 Å². The first-order chi connectivity index (χ1) is 8.77. The first-order valence-corrected chi connectivity index (χ1v) is 6.44. The molecule has 1 amide bonds. The lowest BCUT2D eigenvalue weighted by atomic mass is 9.89. The van der Waals surface area contributed by atoms with Crippen molar-refractivity contribution in [1.29, 1.82) is 0 Å². The molecule has 0 spiro atoms. The second kappa shape index (κ2) is 6.06. The summed E-state index contributed by atoms with van der Waals surface area (Å²) in [5.41, 5.74) is -0.242. The summed E-state index contributed by atoms with van der Waals surface area (Å²) in [6, 6.07) is 9.57. The molecule has 1 atom stereocenters. The second-order valence-corrected chi connectivity index (χ2v) is 5.80. The first-order valence-electron chi connectivity index (χ1n) is 6.44. The summed E-state index contributed by atoms with van der Waals surface area (Å²) in [5, 5.41) is 12.1. The Labute approximate surface area is 114 Å². The molecule has 4 nitrogen and oxygen atoms in total. The highest BCUT2D eigenvalue weighted by molar-refractivity contribution is 5.69. The summed E-state index contributed by atoms with van der Waals surface area (Å²) in [7, 11) is 0. The number of alkyl carbamates (subject to hydrolysis) is 1. The van der Waals surface area contributed by atoms with Crippen LogP contribution in [-0.2, 0) is 10.3 Å². The zero-order valence-electron chi connectivity index (χ0n) is 12.1. The summed E-state index contributed by atoms with van der Waals surface area (Å²) in [5.74, 6) is 0. The van der Waals surface area contributed by atoms with Crippen LogP contribution in [0.5, 0.6) is 0 Å². The highest BCUT2D eigenvalue weighted by atomic mass is 16.6. The average molecular weight is 265 g/mol. The minimum atomic E-state index is -0.641. The van der Waals surface area contributed by atoms with E-state index in [2.05, 4.69) is 5.32 Å². The van der Waals surface area contributed by atoms with Gasteiger partial charge in [-0.25, -0.2) is 4.79 Å². The van der Waals surface area contributed by atoms with E-state index in [9.17, 15) is 9.90 Å². The molecule has 0 heterocycles. The number of hydrogen-bond donors (Lipinski definition) is 2. The minimum absolute atomic E-state index is 0.0127. The van der Waals surface area contributed by atoms with Crippen molar-refractivity contribution in [2.24, 2.45) is 0 Å². The van der Waals surface area contributed by atoms with E-state index in [0.717, 1.165) is 5.56 Å². The Hall–Kier alpha value is -1.55. The fraction of sp³-hybridized carbons (Fsp3) is 0.533. The third-order valence-corrected chi connectivity index (χ3v) is 2.80. The van der Waals surface area contributed by atoms with Crippen molar-refractivity contribution < 1.29 is 14.6 Å². The van der Waals surface area contributed by atoms with Gasteiger partial charge in [-0.2, -0.15) is 0 Å². The van der Waals surface area contributed by atoms with Gasteiger partial charge in [-0.3, -0.25) is 0 Å². The lowest BCUT2D eigenvalue weighted by Crippen LogP contribution is -2.46. The van der Waals surface area contributed by atoms with Crippen molar-refractivity contribution in [3.8, 4) is 0 Å². The lowest BCUT2D eigenvalue weighted by molar-refractivity contribution is 0.0445. The molecule has 2 N–H and O–H groups in total. The van der Waals surface area contributed by atoms with Crippen LogP contribution >= 0.6 is 0 Å². The number of aliphatic hydroxyl groups is 1. The van der Waals surface area contributed by atoms with Crippen LogP contribution in [0.25, 0.3) is 0 Å². The molecule has 0 aliphatic carbocycles. The molecule has 0 radical (unpaired) electrons. The molecule has 1 aromatic carbocycles. The average Bonchev–Trinajstić information content (AvgIpc) is 2.27. The first kappa shape index (κ1) is 15.5. The number of hydrogen-bond acceptors (Lipinski definition) is 3. The Kier molecular flexibility index (Phi) is 4.95.